The number of halogens is 3. The molecular formula is C23H26F3N5O4. The van der Waals surface area contributed by atoms with E-state index in [0.29, 0.717) is 44.8 Å². The predicted molar refractivity (Wildman–Crippen MR) is 119 cm³/mol. The number of hydrogen-bond acceptors (Lipinski definition) is 6. The zero-order valence-electron chi connectivity index (χ0n) is 19.2. The number of ether oxygens (including phenoxy) is 2. The molecule has 0 bridgehead atoms. The number of piperidine rings is 1. The highest BCUT2D eigenvalue weighted by molar-refractivity contribution is 5.96. The number of amides is 3. The maximum atomic E-state index is 12.9. The minimum Gasteiger partial charge on any atom is -0.494 e. The van der Waals surface area contributed by atoms with E-state index >= 15 is 0 Å². The Balaban J connectivity index is 1.32. The van der Waals surface area contributed by atoms with E-state index in [4.69, 9.17) is 9.47 Å². The molecule has 35 heavy (non-hydrogen) atoms. The van der Waals surface area contributed by atoms with Gasteiger partial charge in [-0.1, -0.05) is 0 Å². The van der Waals surface area contributed by atoms with E-state index in [1.54, 1.807) is 34.1 Å². The minimum atomic E-state index is -4.60. The number of alkyl halides is 3. The van der Waals surface area contributed by atoms with Crippen molar-refractivity contribution in [2.75, 3.05) is 44.2 Å². The zero-order chi connectivity index (χ0) is 25.0. The minimum absolute atomic E-state index is 0.0842. The maximum absolute atomic E-state index is 12.9. The van der Waals surface area contributed by atoms with Gasteiger partial charge in [-0.2, -0.15) is 18.2 Å². The normalized spacial score (nSPS) is 18.7. The Kier molecular flexibility index (Phi) is 7.27. The van der Waals surface area contributed by atoms with Crippen LogP contribution < -0.4 is 14.4 Å². The summed E-state index contributed by atoms with van der Waals surface area (Å²) in [5.74, 6) is 0.470. The number of urea groups is 1. The molecule has 4 rings (SSSR count). The van der Waals surface area contributed by atoms with Gasteiger partial charge in [-0.15, -0.1) is 0 Å². The van der Waals surface area contributed by atoms with Crippen LogP contribution in [0.25, 0.3) is 0 Å². The lowest BCUT2D eigenvalue weighted by atomic mass is 10.1. The van der Waals surface area contributed by atoms with E-state index in [1.165, 1.54) is 4.90 Å². The number of carbonyl (C=O) groups is 2. The molecule has 2 aliphatic rings. The van der Waals surface area contributed by atoms with Gasteiger partial charge >= 0.3 is 18.2 Å². The summed E-state index contributed by atoms with van der Waals surface area (Å²) in [6, 6.07) is 7.33. The summed E-state index contributed by atoms with van der Waals surface area (Å²) in [7, 11) is 0. The van der Waals surface area contributed by atoms with E-state index in [1.807, 2.05) is 6.92 Å². The molecule has 2 aliphatic heterocycles. The standard InChI is InChI=1S/C23H26F3N5O4/c1-2-34-17-7-5-16(6-8-17)31-13-12-30(22(31)33)15-20(32)29-11-3-4-18(14-29)35-21-27-10-9-19(28-21)23(24,25)26/h5-10,18H,2-4,11-15H2,1H3. The summed E-state index contributed by atoms with van der Waals surface area (Å²) >= 11 is 0. The highest BCUT2D eigenvalue weighted by atomic mass is 19.4. The van der Waals surface area contributed by atoms with Gasteiger partial charge in [-0.3, -0.25) is 9.69 Å². The van der Waals surface area contributed by atoms with Gasteiger partial charge < -0.3 is 19.3 Å². The fraction of sp³-hybridized carbons (Fsp3) is 0.478. The Morgan fingerprint density at radius 3 is 2.63 bits per heavy atom. The number of anilines is 1. The second-order valence-corrected chi connectivity index (χ2v) is 8.23. The van der Waals surface area contributed by atoms with E-state index in [0.717, 1.165) is 18.0 Å². The number of rotatable bonds is 7. The molecule has 2 aromatic rings. The van der Waals surface area contributed by atoms with Crippen LogP contribution in [0.15, 0.2) is 36.5 Å². The van der Waals surface area contributed by atoms with Crippen molar-refractivity contribution >= 4 is 17.6 Å². The van der Waals surface area contributed by atoms with Crippen molar-refractivity contribution in [1.82, 2.24) is 19.8 Å². The van der Waals surface area contributed by atoms with Crippen LogP contribution in [-0.2, 0) is 11.0 Å². The Bertz CT molecular complexity index is 1050. The van der Waals surface area contributed by atoms with Crippen LogP contribution in [0.2, 0.25) is 0 Å². The van der Waals surface area contributed by atoms with Crippen molar-refractivity contribution in [3.63, 3.8) is 0 Å². The van der Waals surface area contributed by atoms with Gasteiger partial charge in [0.05, 0.1) is 13.2 Å². The van der Waals surface area contributed by atoms with E-state index in [-0.39, 0.29) is 31.0 Å². The lowest BCUT2D eigenvalue weighted by molar-refractivity contribution is -0.141. The molecule has 0 spiro atoms. The summed E-state index contributed by atoms with van der Waals surface area (Å²) in [5.41, 5.74) is -0.364. The molecule has 0 saturated carbocycles. The molecule has 0 N–H and O–H groups in total. The highest BCUT2D eigenvalue weighted by Gasteiger charge is 2.35. The number of hydrogen-bond donors (Lipinski definition) is 0. The third-order valence-electron chi connectivity index (χ3n) is 5.81. The Labute approximate surface area is 200 Å². The Hall–Kier alpha value is -3.57. The molecule has 1 atom stereocenters. The third kappa shape index (κ3) is 5.92. The van der Waals surface area contributed by atoms with Gasteiger partial charge in [0.1, 0.15) is 18.4 Å². The Morgan fingerprint density at radius 1 is 1.14 bits per heavy atom. The summed E-state index contributed by atoms with van der Waals surface area (Å²) in [6.07, 6.45) is -2.98. The molecule has 12 heteroatoms. The fourth-order valence-corrected chi connectivity index (χ4v) is 4.09. The molecular weight excluding hydrogens is 467 g/mol. The van der Waals surface area contributed by atoms with Gasteiger partial charge in [0, 0.05) is 31.5 Å². The molecule has 2 fully saturated rings. The summed E-state index contributed by atoms with van der Waals surface area (Å²) in [6.45, 7) is 3.88. The van der Waals surface area contributed by atoms with Crippen LogP contribution in [0.4, 0.5) is 23.7 Å². The molecule has 188 valence electrons. The van der Waals surface area contributed by atoms with E-state index < -0.39 is 18.0 Å². The maximum Gasteiger partial charge on any atom is 0.433 e. The predicted octanol–water partition coefficient (Wildman–Crippen LogP) is 3.21. The molecule has 9 nitrogen and oxygen atoms in total. The SMILES string of the molecule is CCOc1ccc(N2CCN(CC(=O)N3CCCC(Oc4nccc(C(F)(F)F)n4)C3)C2=O)cc1. The lowest BCUT2D eigenvalue weighted by Gasteiger charge is -2.33. The molecule has 1 unspecified atom stereocenters. The molecule has 3 amide bonds. The van der Waals surface area contributed by atoms with Crippen LogP contribution in [0.3, 0.4) is 0 Å². The molecule has 1 aromatic heterocycles. The first-order valence-corrected chi connectivity index (χ1v) is 11.4. The smallest absolute Gasteiger partial charge is 0.433 e. The van der Waals surface area contributed by atoms with Crippen LogP contribution in [0.1, 0.15) is 25.5 Å². The summed E-state index contributed by atoms with van der Waals surface area (Å²) in [4.78, 5) is 37.6. The number of nitrogens with zero attached hydrogens (tertiary/aromatic N) is 5. The van der Waals surface area contributed by atoms with Crippen LogP contribution in [-0.4, -0.2) is 77.1 Å². The van der Waals surface area contributed by atoms with Crippen molar-refractivity contribution in [1.29, 1.82) is 0 Å². The highest BCUT2D eigenvalue weighted by Crippen LogP contribution is 2.28. The largest absolute Gasteiger partial charge is 0.494 e. The van der Waals surface area contributed by atoms with Crippen molar-refractivity contribution in [2.45, 2.75) is 32.0 Å². The van der Waals surface area contributed by atoms with Crippen LogP contribution in [0.5, 0.6) is 11.8 Å². The topological polar surface area (TPSA) is 88.1 Å². The van der Waals surface area contributed by atoms with Gasteiger partial charge in [0.15, 0.2) is 5.69 Å². The van der Waals surface area contributed by atoms with Crippen molar-refractivity contribution in [2.24, 2.45) is 0 Å². The Morgan fingerprint density at radius 2 is 1.91 bits per heavy atom. The van der Waals surface area contributed by atoms with Crippen LogP contribution in [0, 0.1) is 0 Å². The van der Waals surface area contributed by atoms with Crippen molar-refractivity contribution in [3.05, 3.63) is 42.2 Å². The van der Waals surface area contributed by atoms with Crippen LogP contribution >= 0.6 is 0 Å². The summed E-state index contributed by atoms with van der Waals surface area (Å²) in [5, 5.41) is 0. The first-order chi connectivity index (χ1) is 16.7. The molecule has 1 aromatic carbocycles. The number of likely N-dealkylation sites (tertiary alicyclic amines) is 1. The monoisotopic (exact) mass is 493 g/mol. The third-order valence-corrected chi connectivity index (χ3v) is 5.81. The van der Waals surface area contributed by atoms with E-state index in [9.17, 15) is 22.8 Å². The average molecular weight is 493 g/mol. The number of carbonyl (C=O) groups excluding carboxylic acids is 2. The number of aromatic nitrogens is 2. The summed E-state index contributed by atoms with van der Waals surface area (Å²) < 4.78 is 49.6. The quantitative estimate of drug-likeness (QED) is 0.589. The lowest BCUT2D eigenvalue weighted by Crippen LogP contribution is -2.48. The fourth-order valence-electron chi connectivity index (χ4n) is 4.09. The van der Waals surface area contributed by atoms with Gasteiger partial charge in [0.25, 0.3) is 0 Å². The first-order valence-electron chi connectivity index (χ1n) is 11.4. The number of benzene rings is 1. The van der Waals surface area contributed by atoms with Gasteiger partial charge in [0.2, 0.25) is 5.91 Å². The second kappa shape index (κ2) is 10.4. The van der Waals surface area contributed by atoms with Gasteiger partial charge in [-0.05, 0) is 50.1 Å². The molecule has 2 saturated heterocycles. The van der Waals surface area contributed by atoms with E-state index in [2.05, 4.69) is 9.97 Å². The van der Waals surface area contributed by atoms with Gasteiger partial charge in [-0.25, -0.2) is 9.78 Å². The average Bonchev–Trinajstić information content (AvgIpc) is 3.19. The zero-order valence-corrected chi connectivity index (χ0v) is 19.2. The van der Waals surface area contributed by atoms with Crippen molar-refractivity contribution in [3.8, 4) is 11.8 Å². The van der Waals surface area contributed by atoms with Crippen molar-refractivity contribution < 1.29 is 32.2 Å². The second-order valence-electron chi connectivity index (χ2n) is 8.23. The first kappa shape index (κ1) is 24.6. The molecule has 3 heterocycles. The molecule has 0 aliphatic carbocycles. The molecule has 0 radical (unpaired) electrons.